The van der Waals surface area contributed by atoms with Gasteiger partial charge in [0.05, 0.1) is 50.1 Å². The zero-order valence-corrected chi connectivity index (χ0v) is 41.1. The highest BCUT2D eigenvalue weighted by Gasteiger charge is 2.35. The third kappa shape index (κ3) is 18.5. The molecule has 0 aliphatic heterocycles. The highest BCUT2D eigenvalue weighted by molar-refractivity contribution is 5.82. The fraction of sp³-hybridized carbons (Fsp3) is 0.500. The Morgan fingerprint density at radius 2 is 0.757 bits per heavy atom. The van der Waals surface area contributed by atoms with E-state index in [1.807, 2.05) is 20.8 Å². The zero-order valence-electron chi connectivity index (χ0n) is 41.1. The van der Waals surface area contributed by atoms with Gasteiger partial charge in [-0.2, -0.15) is 0 Å². The van der Waals surface area contributed by atoms with Crippen molar-refractivity contribution in [2.24, 2.45) is 23.7 Å². The minimum absolute atomic E-state index is 0.331. The van der Waals surface area contributed by atoms with Crippen LogP contribution in [-0.4, -0.2) is 62.2 Å². The predicted octanol–water partition coefficient (Wildman–Crippen LogP) is 11.0. The molecule has 0 bridgehead atoms. The van der Waals surface area contributed by atoms with Crippen molar-refractivity contribution in [1.82, 2.24) is 0 Å². The van der Waals surface area contributed by atoms with Gasteiger partial charge in [0, 0.05) is 17.7 Å². The minimum Gasteiger partial charge on any atom is -0.494 e. The lowest BCUT2D eigenvalue weighted by molar-refractivity contribution is -0.145. The maximum Gasteiger partial charge on any atom is 0.330 e. The van der Waals surface area contributed by atoms with Crippen molar-refractivity contribution in [2.45, 2.75) is 129 Å². The van der Waals surface area contributed by atoms with Crippen LogP contribution in [0.15, 0.2) is 92.0 Å². The third-order valence-electron chi connectivity index (χ3n) is 12.5. The molecule has 0 N–H and O–H groups in total. The van der Waals surface area contributed by atoms with Crippen LogP contribution in [0, 0.1) is 23.7 Å². The van der Waals surface area contributed by atoms with Gasteiger partial charge >= 0.3 is 35.8 Å². The maximum atomic E-state index is 13.5. The normalized spacial score (nSPS) is 17.8. The van der Waals surface area contributed by atoms with Gasteiger partial charge in [-0.25, -0.2) is 9.59 Å². The molecule has 14 nitrogen and oxygen atoms in total. The average molecular weight is 967 g/mol. The van der Waals surface area contributed by atoms with Crippen LogP contribution in [0.1, 0.15) is 129 Å². The molecule has 2 aliphatic carbocycles. The lowest BCUT2D eigenvalue weighted by Crippen LogP contribution is -2.31. The number of hydrogen-bond donors (Lipinski definition) is 0. The summed E-state index contributed by atoms with van der Waals surface area (Å²) in [4.78, 5) is 75.1. The van der Waals surface area contributed by atoms with Gasteiger partial charge in [0.1, 0.15) is 34.5 Å². The highest BCUT2D eigenvalue weighted by atomic mass is 16.6. The molecule has 5 rings (SSSR count). The van der Waals surface area contributed by atoms with Crippen LogP contribution in [0.4, 0.5) is 0 Å². The van der Waals surface area contributed by atoms with E-state index in [9.17, 15) is 28.8 Å². The molecule has 3 aromatic rings. The Hall–Kier alpha value is -6.44. The standard InChI is InChI=1S/C56H70O14/c1-6-50(57)65-36-14-10-8-12-34-63-43-24-28-45(29-25-43)67-52(59)39-16-18-41(19-17-39)54(61)69-47-32-33-49(48(38-47)56(3,4)5)70-55(62)42-22-20-40(21-23-42)53(60)68-46-30-26-44(27-31-46)64-35-13-9-11-15-37-66-51(58)7-2/h6-7,24-33,38-42H,1-2,8-23,34-37H2,3-5H3. The average Bonchev–Trinajstić information content (AvgIpc) is 3.36. The molecule has 3 aromatic carbocycles. The molecular formula is C56H70O14. The van der Waals surface area contributed by atoms with Crippen molar-refractivity contribution >= 4 is 35.8 Å². The smallest absolute Gasteiger partial charge is 0.330 e. The van der Waals surface area contributed by atoms with E-state index in [1.165, 1.54) is 0 Å². The molecule has 0 atom stereocenters. The van der Waals surface area contributed by atoms with Crippen LogP contribution < -0.4 is 28.4 Å². The van der Waals surface area contributed by atoms with Gasteiger partial charge in [-0.1, -0.05) is 33.9 Å². The second-order valence-electron chi connectivity index (χ2n) is 18.9. The van der Waals surface area contributed by atoms with Crippen molar-refractivity contribution in [3.05, 3.63) is 97.6 Å². The fourth-order valence-electron chi connectivity index (χ4n) is 8.33. The molecule has 2 saturated carbocycles. The van der Waals surface area contributed by atoms with Crippen molar-refractivity contribution in [2.75, 3.05) is 26.4 Å². The first-order valence-corrected chi connectivity index (χ1v) is 24.8. The molecule has 0 spiro atoms. The van der Waals surface area contributed by atoms with E-state index < -0.39 is 17.4 Å². The summed E-state index contributed by atoms with van der Waals surface area (Å²) in [6.45, 7) is 14.6. The molecule has 378 valence electrons. The van der Waals surface area contributed by atoms with Crippen LogP contribution in [0.5, 0.6) is 34.5 Å². The summed E-state index contributed by atoms with van der Waals surface area (Å²) in [5, 5.41) is 0. The van der Waals surface area contributed by atoms with Crippen LogP contribution in [0.2, 0.25) is 0 Å². The molecule has 0 heterocycles. The number of esters is 6. The van der Waals surface area contributed by atoms with Gasteiger partial charge in [0.15, 0.2) is 0 Å². The summed E-state index contributed by atoms with van der Waals surface area (Å²) in [6, 6.07) is 18.9. The van der Waals surface area contributed by atoms with Crippen LogP contribution in [0.25, 0.3) is 0 Å². The zero-order chi connectivity index (χ0) is 50.3. The molecular weight excluding hydrogens is 897 g/mol. The maximum absolute atomic E-state index is 13.5. The Bertz CT molecular complexity index is 2190. The van der Waals surface area contributed by atoms with Crippen molar-refractivity contribution < 1.29 is 66.7 Å². The monoisotopic (exact) mass is 966 g/mol. The number of carbonyl (C=O) groups excluding carboxylic acids is 6. The molecule has 70 heavy (non-hydrogen) atoms. The first kappa shape index (κ1) is 54.5. The fourth-order valence-corrected chi connectivity index (χ4v) is 8.33. The number of hydrogen-bond acceptors (Lipinski definition) is 14. The topological polar surface area (TPSA) is 176 Å². The van der Waals surface area contributed by atoms with Gasteiger partial charge in [-0.05, 0) is 175 Å². The van der Waals surface area contributed by atoms with E-state index in [-0.39, 0.29) is 47.5 Å². The first-order chi connectivity index (χ1) is 33.7. The Morgan fingerprint density at radius 3 is 1.11 bits per heavy atom. The Kier molecular flexibility index (Phi) is 22.0. The number of ether oxygens (including phenoxy) is 8. The predicted molar refractivity (Wildman–Crippen MR) is 262 cm³/mol. The number of carbonyl (C=O) groups is 6. The van der Waals surface area contributed by atoms with Gasteiger partial charge in [0.25, 0.3) is 0 Å². The first-order valence-electron chi connectivity index (χ1n) is 24.8. The second kappa shape index (κ2) is 28.3. The van der Waals surface area contributed by atoms with Crippen molar-refractivity contribution in [1.29, 1.82) is 0 Å². The summed E-state index contributed by atoms with van der Waals surface area (Å²) in [5.74, 6) is -0.692. The van der Waals surface area contributed by atoms with Crippen LogP contribution in [0.3, 0.4) is 0 Å². The summed E-state index contributed by atoms with van der Waals surface area (Å²) >= 11 is 0. The van der Waals surface area contributed by atoms with Crippen molar-refractivity contribution in [3.63, 3.8) is 0 Å². The highest BCUT2D eigenvalue weighted by Crippen LogP contribution is 2.38. The number of unbranched alkanes of at least 4 members (excludes halogenated alkanes) is 6. The van der Waals surface area contributed by atoms with Gasteiger partial charge < -0.3 is 37.9 Å². The van der Waals surface area contributed by atoms with Crippen molar-refractivity contribution in [3.8, 4) is 34.5 Å². The summed E-state index contributed by atoms with van der Waals surface area (Å²) < 4.78 is 44.8. The Morgan fingerprint density at radius 1 is 0.443 bits per heavy atom. The molecule has 2 fully saturated rings. The summed E-state index contributed by atoms with van der Waals surface area (Å²) in [5.41, 5.74) is 0.261. The lowest BCUT2D eigenvalue weighted by Gasteiger charge is -2.28. The van der Waals surface area contributed by atoms with Gasteiger partial charge in [0.2, 0.25) is 0 Å². The molecule has 14 heteroatoms. The number of rotatable bonds is 26. The molecule has 0 aromatic heterocycles. The molecule has 0 radical (unpaired) electrons. The molecule has 0 amide bonds. The molecule has 0 unspecified atom stereocenters. The summed E-state index contributed by atoms with van der Waals surface area (Å²) in [6.07, 6.45) is 13.3. The SMILES string of the molecule is C=CC(=O)OCCCCCCOc1ccc(OC(=O)C2CCC(C(=O)Oc3ccc(OC(=O)C4CCC(C(=O)Oc5ccc(OCCCCCCOC(=O)C=C)cc5)CC4)c(C(C)(C)C)c3)CC2)cc1. The van der Waals surface area contributed by atoms with Gasteiger partial charge in [-0.15, -0.1) is 0 Å². The Labute approximate surface area is 412 Å². The van der Waals surface area contributed by atoms with E-state index in [0.717, 1.165) is 63.5 Å². The van der Waals surface area contributed by atoms with E-state index in [2.05, 4.69) is 13.2 Å². The molecule has 2 aliphatic rings. The minimum atomic E-state index is -0.451. The second-order valence-corrected chi connectivity index (χ2v) is 18.9. The Balaban J connectivity index is 0.984. The van der Waals surface area contributed by atoms with E-state index >= 15 is 0 Å². The van der Waals surface area contributed by atoms with E-state index in [4.69, 9.17) is 37.9 Å². The van der Waals surface area contributed by atoms with E-state index in [1.54, 1.807) is 66.7 Å². The van der Waals surface area contributed by atoms with Crippen LogP contribution in [-0.2, 0) is 43.7 Å². The van der Waals surface area contributed by atoms with Crippen LogP contribution >= 0.6 is 0 Å². The largest absolute Gasteiger partial charge is 0.494 e. The quantitative estimate of drug-likeness (QED) is 0.0321. The number of benzene rings is 3. The lowest BCUT2D eigenvalue weighted by atomic mass is 9.82. The third-order valence-corrected chi connectivity index (χ3v) is 12.5. The summed E-state index contributed by atoms with van der Waals surface area (Å²) in [7, 11) is 0. The van der Waals surface area contributed by atoms with E-state index in [0.29, 0.717) is 118 Å². The molecule has 0 saturated heterocycles. The van der Waals surface area contributed by atoms with Gasteiger partial charge in [-0.3, -0.25) is 19.2 Å².